The zero-order valence-electron chi connectivity index (χ0n) is 15.8. The SMILES string of the molecule is O=C(COc1ccccc1)N1CCC(c2ccccc2)(N2CCCC2)CC1. The highest BCUT2D eigenvalue weighted by molar-refractivity contribution is 5.78. The maximum absolute atomic E-state index is 12.6. The highest BCUT2D eigenvalue weighted by Crippen LogP contribution is 2.40. The van der Waals surface area contributed by atoms with Crippen molar-refractivity contribution in [2.75, 3.05) is 32.8 Å². The minimum absolute atomic E-state index is 0.0782. The first-order chi connectivity index (χ1) is 13.3. The summed E-state index contributed by atoms with van der Waals surface area (Å²) in [6.07, 6.45) is 4.55. The van der Waals surface area contributed by atoms with E-state index < -0.39 is 0 Å². The van der Waals surface area contributed by atoms with Crippen LogP contribution in [0.25, 0.3) is 0 Å². The van der Waals surface area contributed by atoms with Crippen molar-refractivity contribution in [3.63, 3.8) is 0 Å². The molecule has 2 aliphatic heterocycles. The number of ether oxygens (including phenoxy) is 1. The van der Waals surface area contributed by atoms with Crippen molar-refractivity contribution in [3.8, 4) is 5.75 Å². The van der Waals surface area contributed by atoms with Gasteiger partial charge in [0.15, 0.2) is 6.61 Å². The number of rotatable bonds is 5. The number of amides is 1. The highest BCUT2D eigenvalue weighted by atomic mass is 16.5. The highest BCUT2D eigenvalue weighted by Gasteiger charge is 2.42. The van der Waals surface area contributed by atoms with Crippen LogP contribution < -0.4 is 4.74 Å². The van der Waals surface area contributed by atoms with Crippen LogP contribution in [0.3, 0.4) is 0 Å². The molecule has 2 aromatic rings. The largest absolute Gasteiger partial charge is 0.484 e. The van der Waals surface area contributed by atoms with Gasteiger partial charge in [0, 0.05) is 18.6 Å². The van der Waals surface area contributed by atoms with Gasteiger partial charge >= 0.3 is 0 Å². The Hall–Kier alpha value is -2.33. The summed E-state index contributed by atoms with van der Waals surface area (Å²) in [5.41, 5.74) is 1.48. The van der Waals surface area contributed by atoms with E-state index in [0.717, 1.165) is 31.7 Å². The monoisotopic (exact) mass is 364 g/mol. The van der Waals surface area contributed by atoms with Crippen molar-refractivity contribution in [3.05, 3.63) is 66.2 Å². The van der Waals surface area contributed by atoms with Gasteiger partial charge in [-0.3, -0.25) is 9.69 Å². The van der Waals surface area contributed by atoms with Crippen LogP contribution in [0.2, 0.25) is 0 Å². The Kier molecular flexibility index (Phi) is 5.44. The van der Waals surface area contributed by atoms with E-state index in [1.165, 1.54) is 31.5 Å². The molecule has 0 N–H and O–H groups in total. The second kappa shape index (κ2) is 8.13. The van der Waals surface area contributed by atoms with Gasteiger partial charge in [-0.25, -0.2) is 0 Å². The van der Waals surface area contributed by atoms with Gasteiger partial charge in [0.1, 0.15) is 5.75 Å². The molecule has 0 aliphatic carbocycles. The fraction of sp³-hybridized carbons (Fsp3) is 0.435. The first-order valence-corrected chi connectivity index (χ1v) is 10.0. The van der Waals surface area contributed by atoms with E-state index in [1.807, 2.05) is 35.2 Å². The van der Waals surface area contributed by atoms with Crippen LogP contribution in [0.1, 0.15) is 31.2 Å². The summed E-state index contributed by atoms with van der Waals surface area (Å²) in [4.78, 5) is 17.3. The van der Waals surface area contributed by atoms with Gasteiger partial charge in [-0.2, -0.15) is 0 Å². The predicted molar refractivity (Wildman–Crippen MR) is 107 cm³/mol. The topological polar surface area (TPSA) is 32.8 Å². The molecule has 0 unspecified atom stereocenters. The summed E-state index contributed by atoms with van der Waals surface area (Å²) >= 11 is 0. The molecule has 4 nitrogen and oxygen atoms in total. The van der Waals surface area contributed by atoms with Crippen LogP contribution >= 0.6 is 0 Å². The summed E-state index contributed by atoms with van der Waals surface area (Å²) < 4.78 is 5.66. The summed E-state index contributed by atoms with van der Waals surface area (Å²) in [6.45, 7) is 4.04. The van der Waals surface area contributed by atoms with E-state index in [-0.39, 0.29) is 18.1 Å². The van der Waals surface area contributed by atoms with E-state index in [9.17, 15) is 4.79 Å². The molecule has 2 aliphatic rings. The number of para-hydroxylation sites is 1. The smallest absolute Gasteiger partial charge is 0.260 e. The molecule has 4 rings (SSSR count). The normalized spacial score (nSPS) is 19.8. The number of carbonyl (C=O) groups is 1. The van der Waals surface area contributed by atoms with Crippen LogP contribution in [-0.2, 0) is 10.3 Å². The molecular weight excluding hydrogens is 336 g/mol. The van der Waals surface area contributed by atoms with Crippen LogP contribution in [0, 0.1) is 0 Å². The molecule has 2 fully saturated rings. The van der Waals surface area contributed by atoms with E-state index in [2.05, 4.69) is 35.2 Å². The molecule has 2 heterocycles. The third kappa shape index (κ3) is 3.86. The zero-order chi connectivity index (χ0) is 18.5. The molecule has 0 radical (unpaired) electrons. The molecule has 0 atom stereocenters. The lowest BCUT2D eigenvalue weighted by molar-refractivity contribution is -0.136. The first-order valence-electron chi connectivity index (χ1n) is 10.0. The molecule has 0 aromatic heterocycles. The molecule has 1 amide bonds. The number of nitrogens with zero attached hydrogens (tertiary/aromatic N) is 2. The van der Waals surface area contributed by atoms with E-state index >= 15 is 0 Å². The number of hydrogen-bond donors (Lipinski definition) is 0. The number of likely N-dealkylation sites (tertiary alicyclic amines) is 2. The Labute approximate surface area is 161 Å². The van der Waals surface area contributed by atoms with E-state index in [0.29, 0.717) is 0 Å². The van der Waals surface area contributed by atoms with Gasteiger partial charge in [0.2, 0.25) is 0 Å². The molecular formula is C23H28N2O2. The number of piperidine rings is 1. The molecule has 0 spiro atoms. The standard InChI is InChI=1S/C23H28N2O2/c26-22(19-27-21-11-5-2-6-12-21)24-17-13-23(14-18-24,25-15-7-8-16-25)20-9-3-1-4-10-20/h1-6,9-12H,7-8,13-19H2. The van der Waals surface area contributed by atoms with Gasteiger partial charge in [0.25, 0.3) is 5.91 Å². The quantitative estimate of drug-likeness (QED) is 0.811. The summed E-state index contributed by atoms with van der Waals surface area (Å²) in [5, 5.41) is 0. The lowest BCUT2D eigenvalue weighted by atomic mass is 9.79. The molecule has 2 saturated heterocycles. The maximum Gasteiger partial charge on any atom is 0.260 e. The maximum atomic E-state index is 12.6. The van der Waals surface area contributed by atoms with Crippen LogP contribution in [0.4, 0.5) is 0 Å². The van der Waals surface area contributed by atoms with Crippen molar-refractivity contribution in [2.24, 2.45) is 0 Å². The van der Waals surface area contributed by atoms with Gasteiger partial charge in [0.05, 0.1) is 0 Å². The van der Waals surface area contributed by atoms with Gasteiger partial charge in [-0.1, -0.05) is 48.5 Å². The minimum atomic E-state index is 0.0782. The average Bonchev–Trinajstić information content (AvgIpc) is 3.29. The minimum Gasteiger partial charge on any atom is -0.484 e. The summed E-state index contributed by atoms with van der Waals surface area (Å²) in [5.74, 6) is 0.834. The Morgan fingerprint density at radius 1 is 0.852 bits per heavy atom. The van der Waals surface area contributed by atoms with Crippen molar-refractivity contribution in [1.82, 2.24) is 9.80 Å². The summed E-state index contributed by atoms with van der Waals surface area (Å²) in [6, 6.07) is 20.4. The molecule has 27 heavy (non-hydrogen) atoms. The molecule has 142 valence electrons. The molecule has 2 aromatic carbocycles. The van der Waals surface area contributed by atoms with Crippen LogP contribution in [-0.4, -0.2) is 48.5 Å². The van der Waals surface area contributed by atoms with Crippen LogP contribution in [0.15, 0.2) is 60.7 Å². The Balaban J connectivity index is 1.41. The van der Waals surface area contributed by atoms with Crippen molar-refractivity contribution in [1.29, 1.82) is 0 Å². The van der Waals surface area contributed by atoms with Gasteiger partial charge < -0.3 is 9.64 Å². The van der Waals surface area contributed by atoms with Gasteiger partial charge in [-0.05, 0) is 56.5 Å². The fourth-order valence-corrected chi connectivity index (χ4v) is 4.56. The van der Waals surface area contributed by atoms with Crippen molar-refractivity contribution < 1.29 is 9.53 Å². The van der Waals surface area contributed by atoms with E-state index in [4.69, 9.17) is 4.74 Å². The number of benzene rings is 2. The van der Waals surface area contributed by atoms with Crippen LogP contribution in [0.5, 0.6) is 5.75 Å². The zero-order valence-corrected chi connectivity index (χ0v) is 15.8. The molecule has 4 heteroatoms. The Morgan fingerprint density at radius 3 is 2.07 bits per heavy atom. The Bertz CT molecular complexity index is 733. The lowest BCUT2D eigenvalue weighted by Gasteiger charge is -2.48. The van der Waals surface area contributed by atoms with Crippen molar-refractivity contribution >= 4 is 5.91 Å². The third-order valence-electron chi connectivity index (χ3n) is 6.07. The average molecular weight is 364 g/mol. The van der Waals surface area contributed by atoms with E-state index in [1.54, 1.807) is 0 Å². The Morgan fingerprint density at radius 2 is 1.44 bits per heavy atom. The summed E-state index contributed by atoms with van der Waals surface area (Å²) in [7, 11) is 0. The second-order valence-corrected chi connectivity index (χ2v) is 7.57. The molecule has 0 bridgehead atoms. The molecule has 0 saturated carbocycles. The van der Waals surface area contributed by atoms with Gasteiger partial charge in [-0.15, -0.1) is 0 Å². The third-order valence-corrected chi connectivity index (χ3v) is 6.07. The first kappa shape index (κ1) is 18.1. The fourth-order valence-electron chi connectivity index (χ4n) is 4.56. The lowest BCUT2D eigenvalue weighted by Crippen LogP contribution is -2.54. The number of carbonyl (C=O) groups excluding carboxylic acids is 1. The van der Waals surface area contributed by atoms with Crippen molar-refractivity contribution in [2.45, 2.75) is 31.2 Å². The second-order valence-electron chi connectivity index (χ2n) is 7.57. The predicted octanol–water partition coefficient (Wildman–Crippen LogP) is 3.68. The number of hydrogen-bond acceptors (Lipinski definition) is 3.